The summed E-state index contributed by atoms with van der Waals surface area (Å²) < 4.78 is 2.17. The number of aromatic nitrogens is 1. The third-order valence-electron chi connectivity index (χ3n) is 5.25. The van der Waals surface area contributed by atoms with Crippen LogP contribution in [0.1, 0.15) is 40.9 Å². The van der Waals surface area contributed by atoms with Crippen molar-refractivity contribution in [3.8, 4) is 0 Å². The summed E-state index contributed by atoms with van der Waals surface area (Å²) in [6, 6.07) is 25.9. The van der Waals surface area contributed by atoms with Crippen molar-refractivity contribution in [1.29, 1.82) is 0 Å². The average molecular weight is 378 g/mol. The van der Waals surface area contributed by atoms with Crippen LogP contribution in [0.3, 0.4) is 0 Å². The number of rotatable bonds is 6. The molecule has 1 unspecified atom stereocenters. The fourth-order valence-electron chi connectivity index (χ4n) is 3.72. The van der Waals surface area contributed by atoms with E-state index in [1.165, 1.54) is 0 Å². The van der Waals surface area contributed by atoms with E-state index in [1.54, 1.807) is 0 Å². The first-order valence-electron chi connectivity index (χ1n) is 9.93. The van der Waals surface area contributed by atoms with Crippen LogP contribution in [0.25, 0.3) is 10.9 Å². The SMILES string of the molecule is [B]c1cccc(Cn2ccc3cc(C(=O)NC(CC)c4ccccc4)ccc32)c1. The van der Waals surface area contributed by atoms with E-state index in [4.69, 9.17) is 7.85 Å². The number of carbonyl (C=O) groups excluding carboxylic acids is 1. The molecule has 1 atom stereocenters. The van der Waals surface area contributed by atoms with Gasteiger partial charge in [0.2, 0.25) is 0 Å². The van der Waals surface area contributed by atoms with Gasteiger partial charge >= 0.3 is 0 Å². The van der Waals surface area contributed by atoms with Gasteiger partial charge in [0.05, 0.1) is 6.04 Å². The molecule has 0 saturated carbocycles. The normalized spacial score (nSPS) is 12.0. The zero-order valence-electron chi connectivity index (χ0n) is 16.5. The van der Waals surface area contributed by atoms with Crippen molar-refractivity contribution in [1.82, 2.24) is 9.88 Å². The minimum absolute atomic E-state index is 0.00698. The molecule has 1 aromatic heterocycles. The maximum atomic E-state index is 12.8. The molecule has 4 aromatic rings. The molecule has 0 spiro atoms. The molecule has 3 aromatic carbocycles. The molecule has 29 heavy (non-hydrogen) atoms. The van der Waals surface area contributed by atoms with E-state index < -0.39 is 0 Å². The van der Waals surface area contributed by atoms with Gasteiger partial charge in [-0.3, -0.25) is 4.79 Å². The summed E-state index contributed by atoms with van der Waals surface area (Å²) in [5, 5.41) is 4.21. The summed E-state index contributed by atoms with van der Waals surface area (Å²) in [5.41, 5.74) is 4.81. The van der Waals surface area contributed by atoms with Gasteiger partial charge in [0.15, 0.2) is 0 Å². The number of nitrogens with one attached hydrogen (secondary N) is 1. The maximum absolute atomic E-state index is 12.8. The van der Waals surface area contributed by atoms with Crippen molar-refractivity contribution in [3.63, 3.8) is 0 Å². The molecule has 1 amide bonds. The Hall–Kier alpha value is -3.27. The summed E-state index contributed by atoms with van der Waals surface area (Å²) in [6.45, 7) is 2.82. The van der Waals surface area contributed by atoms with Gasteiger partial charge in [-0.15, -0.1) is 0 Å². The van der Waals surface area contributed by atoms with Crippen molar-refractivity contribution in [2.75, 3.05) is 0 Å². The highest BCUT2D eigenvalue weighted by Gasteiger charge is 2.15. The Labute approximate surface area is 172 Å². The average Bonchev–Trinajstić information content (AvgIpc) is 3.14. The van der Waals surface area contributed by atoms with E-state index in [0.29, 0.717) is 5.56 Å². The van der Waals surface area contributed by atoms with Gasteiger partial charge in [0.1, 0.15) is 7.85 Å². The minimum Gasteiger partial charge on any atom is -0.345 e. The highest BCUT2D eigenvalue weighted by molar-refractivity contribution is 6.32. The number of carbonyl (C=O) groups is 1. The van der Waals surface area contributed by atoms with E-state index in [1.807, 2.05) is 79.0 Å². The molecule has 0 fully saturated rings. The zero-order chi connectivity index (χ0) is 20.2. The second-order valence-electron chi connectivity index (χ2n) is 7.31. The smallest absolute Gasteiger partial charge is 0.251 e. The van der Waals surface area contributed by atoms with Crippen LogP contribution in [0, 0.1) is 0 Å². The van der Waals surface area contributed by atoms with E-state index >= 15 is 0 Å². The van der Waals surface area contributed by atoms with Crippen LogP contribution in [0.4, 0.5) is 0 Å². The van der Waals surface area contributed by atoms with Crippen LogP contribution < -0.4 is 10.8 Å². The van der Waals surface area contributed by atoms with Crippen molar-refractivity contribution in [2.24, 2.45) is 0 Å². The second-order valence-corrected chi connectivity index (χ2v) is 7.31. The van der Waals surface area contributed by atoms with Crippen molar-refractivity contribution in [2.45, 2.75) is 25.9 Å². The first kappa shape index (κ1) is 19.1. The Morgan fingerprint density at radius 1 is 1.00 bits per heavy atom. The van der Waals surface area contributed by atoms with Gasteiger partial charge in [-0.2, -0.15) is 0 Å². The highest BCUT2D eigenvalue weighted by Crippen LogP contribution is 2.21. The number of nitrogens with zero attached hydrogens (tertiary/aromatic N) is 1. The summed E-state index contributed by atoms with van der Waals surface area (Å²) in [4.78, 5) is 12.8. The summed E-state index contributed by atoms with van der Waals surface area (Å²) in [7, 11) is 5.89. The molecule has 3 nitrogen and oxygen atoms in total. The van der Waals surface area contributed by atoms with Gasteiger partial charge in [-0.1, -0.05) is 67.0 Å². The van der Waals surface area contributed by atoms with Crippen LogP contribution in [0.15, 0.2) is 85.1 Å². The minimum atomic E-state index is -0.0498. The number of hydrogen-bond donors (Lipinski definition) is 1. The molecular weight excluding hydrogens is 355 g/mol. The van der Waals surface area contributed by atoms with Crippen LogP contribution in [0.5, 0.6) is 0 Å². The fraction of sp³-hybridized carbons (Fsp3) is 0.160. The predicted molar refractivity (Wildman–Crippen MR) is 120 cm³/mol. The molecule has 2 radical (unpaired) electrons. The van der Waals surface area contributed by atoms with Crippen molar-refractivity contribution in [3.05, 3.63) is 102 Å². The molecule has 0 saturated heterocycles. The third kappa shape index (κ3) is 4.27. The number of benzene rings is 3. The van der Waals surface area contributed by atoms with Gasteiger partial charge in [-0.05, 0) is 41.8 Å². The molecule has 4 rings (SSSR count). The lowest BCUT2D eigenvalue weighted by Crippen LogP contribution is -2.28. The van der Waals surface area contributed by atoms with Gasteiger partial charge in [-0.25, -0.2) is 0 Å². The molecule has 0 aliphatic rings. The van der Waals surface area contributed by atoms with E-state index in [-0.39, 0.29) is 11.9 Å². The van der Waals surface area contributed by atoms with Crippen LogP contribution in [-0.2, 0) is 6.54 Å². The fourth-order valence-corrected chi connectivity index (χ4v) is 3.72. The number of amides is 1. The lowest BCUT2D eigenvalue weighted by atomic mass is 9.94. The molecule has 142 valence electrons. The predicted octanol–water partition coefficient (Wildman–Crippen LogP) is 4.36. The lowest BCUT2D eigenvalue weighted by molar-refractivity contribution is 0.0935. The summed E-state index contributed by atoms with van der Waals surface area (Å²) in [6.07, 6.45) is 2.89. The molecule has 0 aliphatic heterocycles. The Bertz CT molecular complexity index is 1130. The van der Waals surface area contributed by atoms with Crippen molar-refractivity contribution >= 4 is 30.1 Å². The monoisotopic (exact) mass is 378 g/mol. The second kappa shape index (κ2) is 8.40. The van der Waals surface area contributed by atoms with Crippen molar-refractivity contribution < 1.29 is 4.79 Å². The Kier molecular flexibility index (Phi) is 5.52. The Balaban J connectivity index is 1.54. The van der Waals surface area contributed by atoms with Crippen LogP contribution >= 0.6 is 0 Å². The Morgan fingerprint density at radius 3 is 2.59 bits per heavy atom. The molecule has 1 N–H and O–H groups in total. The molecular formula is C25H23BN2O. The van der Waals surface area contributed by atoms with Crippen LogP contribution in [0.2, 0.25) is 0 Å². The van der Waals surface area contributed by atoms with E-state index in [2.05, 4.69) is 22.9 Å². The molecule has 0 bridgehead atoms. The first-order chi connectivity index (χ1) is 14.1. The Morgan fingerprint density at radius 2 is 1.83 bits per heavy atom. The van der Waals surface area contributed by atoms with Gasteiger partial charge < -0.3 is 9.88 Å². The number of fused-ring (bicyclic) bond motifs is 1. The molecule has 4 heteroatoms. The highest BCUT2D eigenvalue weighted by atomic mass is 16.1. The zero-order valence-corrected chi connectivity index (χ0v) is 16.5. The van der Waals surface area contributed by atoms with Gasteiger partial charge in [0, 0.05) is 29.2 Å². The van der Waals surface area contributed by atoms with Crippen LogP contribution in [-0.4, -0.2) is 18.3 Å². The first-order valence-corrected chi connectivity index (χ1v) is 9.93. The molecule has 0 aliphatic carbocycles. The standard InChI is InChI=1S/C25H23BN2O/c1-2-23(19-8-4-3-5-9-19)27-25(29)21-11-12-24-20(16-21)13-14-28(24)17-18-7-6-10-22(26)15-18/h3-16,23H,2,17H2,1H3,(H,27,29). The van der Waals surface area contributed by atoms with E-state index in [0.717, 1.165) is 40.5 Å². The molecule has 1 heterocycles. The largest absolute Gasteiger partial charge is 0.345 e. The quantitative estimate of drug-likeness (QED) is 0.497. The summed E-state index contributed by atoms with van der Waals surface area (Å²) in [5.74, 6) is -0.0498. The number of hydrogen-bond acceptors (Lipinski definition) is 1. The topological polar surface area (TPSA) is 34.0 Å². The van der Waals surface area contributed by atoms with E-state index in [9.17, 15) is 4.79 Å². The lowest BCUT2D eigenvalue weighted by Gasteiger charge is -2.17. The maximum Gasteiger partial charge on any atom is 0.251 e. The third-order valence-corrected chi connectivity index (χ3v) is 5.25. The van der Waals surface area contributed by atoms with Gasteiger partial charge in [0.25, 0.3) is 5.91 Å². The summed E-state index contributed by atoms with van der Waals surface area (Å²) >= 11 is 0.